The quantitative estimate of drug-likeness (QED) is 0.225. The van der Waals surface area contributed by atoms with Gasteiger partial charge in [-0.15, -0.1) is 0 Å². The maximum Gasteiger partial charge on any atom is 0.433 e. The van der Waals surface area contributed by atoms with Crippen LogP contribution in [0.2, 0.25) is 0 Å². The van der Waals surface area contributed by atoms with Crippen LogP contribution in [0.5, 0.6) is 11.9 Å². The van der Waals surface area contributed by atoms with Crippen molar-refractivity contribution in [1.82, 2.24) is 19.8 Å². The average Bonchev–Trinajstić information content (AvgIpc) is 3.17. The first-order chi connectivity index (χ1) is 18.7. The minimum atomic E-state index is -4.60. The van der Waals surface area contributed by atoms with E-state index < -0.39 is 11.9 Å². The molecule has 1 saturated heterocycles. The Kier molecular flexibility index (Phi) is 11.7. The largest absolute Gasteiger partial charge is 0.477 e. The molecule has 2 aromatic rings. The summed E-state index contributed by atoms with van der Waals surface area (Å²) in [4.78, 5) is 16.2. The van der Waals surface area contributed by atoms with E-state index in [1.165, 1.54) is 5.56 Å². The van der Waals surface area contributed by atoms with Crippen LogP contribution < -0.4 is 9.47 Å². The van der Waals surface area contributed by atoms with Crippen LogP contribution in [0.1, 0.15) is 38.7 Å². The van der Waals surface area contributed by atoms with Crippen molar-refractivity contribution in [3.63, 3.8) is 0 Å². The lowest BCUT2D eigenvalue weighted by Gasteiger charge is -2.24. The molecule has 11 heteroatoms. The summed E-state index contributed by atoms with van der Waals surface area (Å²) in [7, 11) is 0. The van der Waals surface area contributed by atoms with E-state index in [9.17, 15) is 13.2 Å². The highest BCUT2D eigenvalue weighted by Gasteiger charge is 2.35. The van der Waals surface area contributed by atoms with Gasteiger partial charge in [0.2, 0.25) is 5.88 Å². The first kappa shape index (κ1) is 30.1. The molecule has 0 radical (unpaired) electrons. The molecule has 39 heavy (non-hydrogen) atoms. The zero-order valence-electron chi connectivity index (χ0n) is 22.6. The fourth-order valence-electron chi connectivity index (χ4n) is 4.08. The lowest BCUT2D eigenvalue weighted by molar-refractivity contribution is -0.0576. The van der Waals surface area contributed by atoms with Crippen molar-refractivity contribution in [2.24, 2.45) is 4.99 Å². The summed E-state index contributed by atoms with van der Waals surface area (Å²) in [6.45, 7) is 7.89. The summed E-state index contributed by atoms with van der Waals surface area (Å²) < 4.78 is 51.6. The highest BCUT2D eigenvalue weighted by molar-refractivity contribution is 6.06. The normalized spacial score (nSPS) is 15.7. The summed E-state index contributed by atoms with van der Waals surface area (Å²) >= 11 is 0. The van der Waals surface area contributed by atoms with E-state index in [2.05, 4.69) is 32.0 Å². The lowest BCUT2D eigenvalue weighted by atomic mass is 10.2. The number of aliphatic imine (C=N–C) groups is 1. The Morgan fingerprint density at radius 3 is 2.62 bits per heavy atom. The molecule has 0 bridgehead atoms. The van der Waals surface area contributed by atoms with Crippen LogP contribution in [-0.2, 0) is 6.42 Å². The van der Waals surface area contributed by atoms with E-state index in [-0.39, 0.29) is 18.3 Å². The van der Waals surface area contributed by atoms with Crippen LogP contribution in [0.15, 0.2) is 59.4 Å². The number of nitrogens with one attached hydrogen (secondary N) is 1. The predicted molar refractivity (Wildman–Crippen MR) is 146 cm³/mol. The summed E-state index contributed by atoms with van der Waals surface area (Å²) in [5.74, 6) is 0.181. The van der Waals surface area contributed by atoms with Gasteiger partial charge in [0, 0.05) is 57.0 Å². The molecule has 1 aromatic carbocycles. The number of benzene rings is 1. The lowest BCUT2D eigenvalue weighted by Crippen LogP contribution is -2.32. The van der Waals surface area contributed by atoms with Crippen molar-refractivity contribution in [2.45, 2.75) is 45.7 Å². The number of alkyl halides is 3. The summed E-state index contributed by atoms with van der Waals surface area (Å²) in [5, 5.41) is 7.54. The monoisotopic (exact) mass is 546 g/mol. The molecule has 3 rings (SSSR count). The first-order valence-electron chi connectivity index (χ1n) is 13.3. The molecule has 1 aromatic heterocycles. The summed E-state index contributed by atoms with van der Waals surface area (Å²) in [5.41, 5.74) is 0.667. The Bertz CT molecular complexity index is 1110. The van der Waals surface area contributed by atoms with E-state index in [4.69, 9.17) is 14.9 Å². The highest BCUT2D eigenvalue weighted by atomic mass is 19.4. The maximum atomic E-state index is 13.4. The van der Waals surface area contributed by atoms with E-state index in [1.807, 2.05) is 23.1 Å². The van der Waals surface area contributed by atoms with Gasteiger partial charge in [-0.05, 0) is 37.9 Å². The average molecular weight is 547 g/mol. The second-order valence-electron chi connectivity index (χ2n) is 9.23. The third-order valence-corrected chi connectivity index (χ3v) is 6.25. The number of hydrogen-bond acceptors (Lipinski definition) is 7. The molecule has 8 nitrogen and oxygen atoms in total. The highest BCUT2D eigenvalue weighted by Crippen LogP contribution is 2.21. The molecule has 1 N–H and O–H groups in total. The van der Waals surface area contributed by atoms with Gasteiger partial charge in [0.1, 0.15) is 11.5 Å². The van der Waals surface area contributed by atoms with Gasteiger partial charge in [-0.1, -0.05) is 37.3 Å². The van der Waals surface area contributed by atoms with Crippen LogP contribution >= 0.6 is 0 Å². The second kappa shape index (κ2) is 15.2. The van der Waals surface area contributed by atoms with Crippen molar-refractivity contribution < 1.29 is 22.6 Å². The van der Waals surface area contributed by atoms with E-state index in [0.29, 0.717) is 37.9 Å². The SMILES string of the molecule is CCC(=N)N=C(/C=C(\C)N1CCCN(CCCOc2nccc(OCCc3ccccc3)n2)CC1)C(F)(F)F. The number of hydrogen-bond donors (Lipinski definition) is 1. The number of allylic oxidation sites excluding steroid dienone is 2. The van der Waals surface area contributed by atoms with Crippen molar-refractivity contribution in [2.75, 3.05) is 45.9 Å². The number of halogens is 3. The van der Waals surface area contributed by atoms with E-state index in [0.717, 1.165) is 45.0 Å². The first-order valence-corrected chi connectivity index (χ1v) is 13.3. The smallest absolute Gasteiger partial charge is 0.433 e. The van der Waals surface area contributed by atoms with Crippen molar-refractivity contribution in [3.8, 4) is 11.9 Å². The van der Waals surface area contributed by atoms with E-state index in [1.54, 1.807) is 26.1 Å². The van der Waals surface area contributed by atoms with Gasteiger partial charge in [0.25, 0.3) is 0 Å². The van der Waals surface area contributed by atoms with Crippen LogP contribution in [0.25, 0.3) is 0 Å². The molecule has 0 aliphatic carbocycles. The summed E-state index contributed by atoms with van der Waals surface area (Å²) in [6, 6.07) is 12.1. The molecular weight excluding hydrogens is 509 g/mol. The third-order valence-electron chi connectivity index (χ3n) is 6.25. The fourth-order valence-corrected chi connectivity index (χ4v) is 4.08. The number of rotatable bonds is 12. The Morgan fingerprint density at radius 2 is 1.87 bits per heavy atom. The molecule has 0 saturated carbocycles. The topological polar surface area (TPSA) is 86.9 Å². The van der Waals surface area contributed by atoms with Crippen LogP contribution in [0, 0.1) is 5.41 Å². The Hall–Kier alpha value is -3.47. The number of amidine groups is 1. The Labute approximate surface area is 228 Å². The predicted octanol–water partition coefficient (Wildman–Crippen LogP) is 5.17. The molecule has 0 amide bonds. The number of nitrogens with zero attached hydrogens (tertiary/aromatic N) is 5. The zero-order valence-corrected chi connectivity index (χ0v) is 22.6. The van der Waals surface area contributed by atoms with Gasteiger partial charge < -0.3 is 19.3 Å². The fraction of sp³-hybridized carbons (Fsp3) is 0.500. The molecule has 0 spiro atoms. The number of aromatic nitrogens is 2. The van der Waals surface area contributed by atoms with Crippen molar-refractivity contribution in [1.29, 1.82) is 5.41 Å². The van der Waals surface area contributed by atoms with Crippen molar-refractivity contribution in [3.05, 3.63) is 59.9 Å². The van der Waals surface area contributed by atoms with Gasteiger partial charge in [-0.3, -0.25) is 5.41 Å². The van der Waals surface area contributed by atoms with Gasteiger partial charge in [0.05, 0.1) is 13.2 Å². The maximum absolute atomic E-state index is 13.4. The Balaban J connectivity index is 1.41. The van der Waals surface area contributed by atoms with Crippen LogP contribution in [-0.4, -0.2) is 83.4 Å². The van der Waals surface area contributed by atoms with E-state index >= 15 is 0 Å². The number of ether oxygens (including phenoxy) is 2. The second-order valence-corrected chi connectivity index (χ2v) is 9.23. The molecule has 2 heterocycles. The summed E-state index contributed by atoms with van der Waals surface area (Å²) in [6.07, 6.45) is 0.589. The van der Waals surface area contributed by atoms with Gasteiger partial charge in [0.15, 0.2) is 0 Å². The minimum absolute atomic E-state index is 0.148. The molecular formula is C28H37F3N6O2. The molecule has 212 valence electrons. The third kappa shape index (κ3) is 10.7. The molecule has 1 aliphatic heterocycles. The minimum Gasteiger partial charge on any atom is -0.477 e. The van der Waals surface area contributed by atoms with Gasteiger partial charge in [-0.2, -0.15) is 18.2 Å². The van der Waals surface area contributed by atoms with Gasteiger partial charge >= 0.3 is 12.2 Å². The molecule has 0 atom stereocenters. The van der Waals surface area contributed by atoms with Gasteiger partial charge in [-0.25, -0.2) is 9.98 Å². The molecule has 1 aliphatic rings. The Morgan fingerprint density at radius 1 is 1.08 bits per heavy atom. The van der Waals surface area contributed by atoms with Crippen molar-refractivity contribution >= 4 is 11.5 Å². The van der Waals surface area contributed by atoms with Crippen LogP contribution in [0.4, 0.5) is 13.2 Å². The molecule has 0 unspecified atom stereocenters. The standard InChI is InChI=1S/C28H37F3N6O2/c1-3-25(32)34-24(28(29,30)31)21-22(2)37-16-7-14-36(17-18-37)15-8-19-39-27-33-13-11-26(35-27)38-20-12-23-9-5-4-6-10-23/h4-6,9-11,13,21,32H,3,7-8,12,14-20H2,1-2H3/b22-21+,32-25?,34-24?. The molecule has 1 fully saturated rings. The zero-order chi connectivity index (χ0) is 28.1. The van der Waals surface area contributed by atoms with Crippen LogP contribution in [0.3, 0.4) is 0 Å².